The highest BCUT2D eigenvalue weighted by Crippen LogP contribution is 2.45. The fraction of sp³-hybridized carbons (Fsp3) is 0.480. The van der Waals surface area contributed by atoms with Gasteiger partial charge in [-0.25, -0.2) is 9.79 Å². The fourth-order valence-electron chi connectivity index (χ4n) is 4.57. The van der Waals surface area contributed by atoms with Gasteiger partial charge in [0.15, 0.2) is 5.17 Å². The van der Waals surface area contributed by atoms with Gasteiger partial charge in [0.25, 0.3) is 0 Å². The molecular formula is C25H32N4O4S. The molecule has 9 heteroatoms. The molecule has 1 amide bonds. The number of carbonyl (C=O) groups is 2. The van der Waals surface area contributed by atoms with Gasteiger partial charge in [0.1, 0.15) is 0 Å². The molecule has 0 aliphatic carbocycles. The lowest BCUT2D eigenvalue weighted by atomic mass is 9.93. The molecule has 0 aromatic heterocycles. The Morgan fingerprint density at radius 1 is 1.12 bits per heavy atom. The number of aliphatic imine (C=N–C) groups is 1. The van der Waals surface area contributed by atoms with E-state index < -0.39 is 0 Å². The molecule has 1 saturated heterocycles. The summed E-state index contributed by atoms with van der Waals surface area (Å²) >= 11 is 1.51. The molecule has 1 aromatic rings. The Morgan fingerprint density at radius 3 is 2.50 bits per heavy atom. The Morgan fingerprint density at radius 2 is 1.85 bits per heavy atom. The van der Waals surface area contributed by atoms with Gasteiger partial charge in [0.05, 0.1) is 37.4 Å². The number of fused-ring (bicyclic) bond motifs is 1. The summed E-state index contributed by atoms with van der Waals surface area (Å²) in [6, 6.07) is 9.51. The molecule has 1 aromatic carbocycles. The van der Waals surface area contributed by atoms with Crippen LogP contribution in [-0.4, -0.2) is 85.3 Å². The second kappa shape index (κ2) is 11.2. The normalized spacial score (nSPS) is 20.7. The van der Waals surface area contributed by atoms with Crippen LogP contribution in [0.15, 0.2) is 57.7 Å². The van der Waals surface area contributed by atoms with Crippen LogP contribution < -0.4 is 0 Å². The van der Waals surface area contributed by atoms with E-state index in [-0.39, 0.29) is 24.3 Å². The molecule has 0 radical (unpaired) electrons. The number of ether oxygens (including phenoxy) is 2. The van der Waals surface area contributed by atoms with Crippen molar-refractivity contribution in [1.29, 1.82) is 0 Å². The van der Waals surface area contributed by atoms with E-state index >= 15 is 0 Å². The summed E-state index contributed by atoms with van der Waals surface area (Å²) in [6.07, 6.45) is 0.886. The Bertz CT molecular complexity index is 999. The minimum absolute atomic E-state index is 0.0937. The first-order chi connectivity index (χ1) is 16.6. The first-order valence-corrected chi connectivity index (χ1v) is 12.5. The highest BCUT2D eigenvalue weighted by Gasteiger charge is 2.41. The third-order valence-electron chi connectivity index (χ3n) is 6.41. The number of rotatable bonds is 8. The number of esters is 1. The van der Waals surface area contributed by atoms with Gasteiger partial charge in [-0.2, -0.15) is 0 Å². The monoisotopic (exact) mass is 484 g/mol. The van der Waals surface area contributed by atoms with Crippen molar-refractivity contribution >= 4 is 28.8 Å². The fourth-order valence-corrected chi connectivity index (χ4v) is 5.51. The Labute approximate surface area is 205 Å². The van der Waals surface area contributed by atoms with Gasteiger partial charge < -0.3 is 19.3 Å². The Balaban J connectivity index is 1.55. The molecule has 1 fully saturated rings. The zero-order valence-electron chi connectivity index (χ0n) is 20.0. The molecule has 1 unspecified atom stereocenters. The molecule has 182 valence electrons. The third-order valence-corrected chi connectivity index (χ3v) is 7.30. The maximum Gasteiger partial charge on any atom is 0.338 e. The molecule has 1 atom stereocenters. The lowest BCUT2D eigenvalue weighted by Crippen LogP contribution is -2.49. The zero-order valence-corrected chi connectivity index (χ0v) is 20.8. The minimum atomic E-state index is -0.386. The zero-order chi connectivity index (χ0) is 24.1. The first kappa shape index (κ1) is 24.5. The van der Waals surface area contributed by atoms with Crippen LogP contribution in [0.5, 0.6) is 0 Å². The summed E-state index contributed by atoms with van der Waals surface area (Å²) in [5.41, 5.74) is 3.09. The number of amides is 1. The van der Waals surface area contributed by atoms with Gasteiger partial charge in [0, 0.05) is 45.5 Å². The van der Waals surface area contributed by atoms with E-state index in [9.17, 15) is 9.59 Å². The highest BCUT2D eigenvalue weighted by atomic mass is 32.2. The minimum Gasteiger partial charge on any atom is -0.466 e. The summed E-state index contributed by atoms with van der Waals surface area (Å²) in [7, 11) is 3.10. The second-order valence-corrected chi connectivity index (χ2v) is 9.24. The number of piperazine rings is 1. The van der Waals surface area contributed by atoms with Gasteiger partial charge in [-0.1, -0.05) is 49.0 Å². The summed E-state index contributed by atoms with van der Waals surface area (Å²) < 4.78 is 10.3. The number of amidine groups is 1. The van der Waals surface area contributed by atoms with Gasteiger partial charge in [-0.15, -0.1) is 0 Å². The molecule has 0 saturated carbocycles. The lowest BCUT2D eigenvalue weighted by molar-refractivity contribution is -0.136. The molecule has 3 aliphatic rings. The number of methoxy groups -OCH3 is 2. The van der Waals surface area contributed by atoms with Crippen molar-refractivity contribution in [3.8, 4) is 0 Å². The van der Waals surface area contributed by atoms with Crippen LogP contribution in [0.3, 0.4) is 0 Å². The Hall–Kier alpha value is -2.62. The number of benzene rings is 1. The summed E-state index contributed by atoms with van der Waals surface area (Å²) in [4.78, 5) is 37.2. The van der Waals surface area contributed by atoms with E-state index in [1.54, 1.807) is 7.11 Å². The average molecular weight is 485 g/mol. The molecule has 0 spiro atoms. The molecule has 0 N–H and O–H groups in total. The number of thioether (sulfide) groups is 1. The van der Waals surface area contributed by atoms with E-state index in [1.807, 2.05) is 52.5 Å². The predicted octanol–water partition coefficient (Wildman–Crippen LogP) is 3.01. The maximum atomic E-state index is 13.2. The third kappa shape index (κ3) is 5.06. The van der Waals surface area contributed by atoms with Crippen molar-refractivity contribution < 1.29 is 19.1 Å². The van der Waals surface area contributed by atoms with Crippen molar-refractivity contribution in [3.05, 3.63) is 58.3 Å². The van der Waals surface area contributed by atoms with E-state index in [0.717, 1.165) is 41.8 Å². The summed E-state index contributed by atoms with van der Waals surface area (Å²) in [5.74, 6) is -0.292. The summed E-state index contributed by atoms with van der Waals surface area (Å²) in [5, 5.41) is 2.79. The number of nitrogens with zero attached hydrogens (tertiary/aromatic N) is 4. The van der Waals surface area contributed by atoms with Gasteiger partial charge in [-0.3, -0.25) is 9.69 Å². The van der Waals surface area contributed by atoms with Crippen molar-refractivity contribution in [3.63, 3.8) is 0 Å². The molecular weight excluding hydrogens is 452 g/mol. The number of allylic oxidation sites excluding steroid dienone is 1. The van der Waals surface area contributed by atoms with Crippen LogP contribution in [-0.2, 0) is 19.1 Å². The Kier molecular flexibility index (Phi) is 8.07. The van der Waals surface area contributed by atoms with E-state index in [0.29, 0.717) is 31.7 Å². The number of carbonyl (C=O) groups excluding carboxylic acids is 2. The lowest BCUT2D eigenvalue weighted by Gasteiger charge is -2.38. The first-order valence-electron chi connectivity index (χ1n) is 11.7. The largest absolute Gasteiger partial charge is 0.466 e. The smallest absolute Gasteiger partial charge is 0.338 e. The van der Waals surface area contributed by atoms with Crippen LogP contribution >= 0.6 is 11.8 Å². The predicted molar refractivity (Wildman–Crippen MR) is 133 cm³/mol. The van der Waals surface area contributed by atoms with Crippen LogP contribution in [0.2, 0.25) is 0 Å². The van der Waals surface area contributed by atoms with Gasteiger partial charge in [0.2, 0.25) is 5.91 Å². The standard InChI is InChI=1S/C25H32N4O4S/c1-4-20-22(24(31)33-3)23(18-8-6-5-7-9-18)29-19(17-34-25(29)26-20)16-21(30)28-12-10-27(11-13-28)14-15-32-2/h5-9,17,23H,4,10-16H2,1-3H3. The SMILES string of the molecule is CCC1=C(C(=O)OC)C(c2ccccc2)N2C(CC(=O)N3CCN(CCOC)CC3)=CSC2=N1. The number of hydrogen-bond donors (Lipinski definition) is 0. The molecule has 3 aliphatic heterocycles. The average Bonchev–Trinajstić information content (AvgIpc) is 3.28. The molecule has 8 nitrogen and oxygen atoms in total. The van der Waals surface area contributed by atoms with Crippen molar-refractivity contribution in [2.24, 2.45) is 4.99 Å². The van der Waals surface area contributed by atoms with Crippen LogP contribution in [0.25, 0.3) is 0 Å². The van der Waals surface area contributed by atoms with Crippen LogP contribution in [0.1, 0.15) is 31.4 Å². The van der Waals surface area contributed by atoms with Crippen LogP contribution in [0, 0.1) is 0 Å². The van der Waals surface area contributed by atoms with Gasteiger partial charge >= 0.3 is 5.97 Å². The quantitative estimate of drug-likeness (QED) is 0.525. The second-order valence-electron chi connectivity index (χ2n) is 8.40. The van der Waals surface area contributed by atoms with Gasteiger partial charge in [-0.05, 0) is 17.4 Å². The molecule has 4 rings (SSSR count). The molecule has 34 heavy (non-hydrogen) atoms. The molecule has 3 heterocycles. The number of hydrogen-bond acceptors (Lipinski definition) is 8. The maximum absolute atomic E-state index is 13.2. The summed E-state index contributed by atoms with van der Waals surface area (Å²) in [6.45, 7) is 6.69. The van der Waals surface area contributed by atoms with E-state index in [1.165, 1.54) is 18.9 Å². The topological polar surface area (TPSA) is 74.7 Å². The van der Waals surface area contributed by atoms with Crippen molar-refractivity contribution in [2.45, 2.75) is 25.8 Å². The molecule has 0 bridgehead atoms. The van der Waals surface area contributed by atoms with Crippen molar-refractivity contribution in [2.75, 3.05) is 53.6 Å². The van der Waals surface area contributed by atoms with E-state index in [4.69, 9.17) is 14.5 Å². The van der Waals surface area contributed by atoms with Crippen molar-refractivity contribution in [1.82, 2.24) is 14.7 Å². The van der Waals surface area contributed by atoms with Crippen LogP contribution in [0.4, 0.5) is 0 Å². The van der Waals surface area contributed by atoms with E-state index in [2.05, 4.69) is 4.90 Å². The highest BCUT2D eigenvalue weighted by molar-refractivity contribution is 8.16.